The van der Waals surface area contributed by atoms with E-state index in [1.54, 1.807) is 24.3 Å². The second kappa shape index (κ2) is 10.9. The van der Waals surface area contributed by atoms with E-state index in [4.69, 9.17) is 25.9 Å². The number of ether oxygens (including phenoxy) is 2. The van der Waals surface area contributed by atoms with Crippen molar-refractivity contribution in [3.05, 3.63) is 91.9 Å². The maximum atomic E-state index is 12.8. The van der Waals surface area contributed by atoms with Gasteiger partial charge in [-0.2, -0.15) is 0 Å². The molecule has 190 valence electrons. The highest BCUT2D eigenvalue weighted by atomic mass is 79.9. The van der Waals surface area contributed by atoms with Crippen molar-refractivity contribution in [2.45, 2.75) is 13.2 Å². The molecule has 4 rings (SSSR count). The summed E-state index contributed by atoms with van der Waals surface area (Å²) in [5.41, 5.74) is 1.46. The first-order valence-corrected chi connectivity index (χ1v) is 11.8. The number of carbonyl (C=O) groups excluding carboxylic acids is 3. The van der Waals surface area contributed by atoms with Crippen molar-refractivity contribution >= 4 is 57.5 Å². The minimum atomic E-state index is -1.02. The van der Waals surface area contributed by atoms with Crippen LogP contribution in [0, 0.1) is 0 Å². The molecule has 2 aromatic carbocycles. The normalized spacial score (nSPS) is 14.1. The molecule has 0 radical (unpaired) electrons. The monoisotopic (exact) mass is 588 g/mol. The molecule has 1 aliphatic rings. The highest BCUT2D eigenvalue weighted by Crippen LogP contribution is 2.36. The number of rotatable bonds is 8. The van der Waals surface area contributed by atoms with E-state index in [9.17, 15) is 19.2 Å². The molecule has 3 amide bonds. The van der Waals surface area contributed by atoms with Crippen molar-refractivity contribution in [2.24, 2.45) is 0 Å². The van der Waals surface area contributed by atoms with Crippen LogP contribution in [-0.4, -0.2) is 41.0 Å². The highest BCUT2D eigenvalue weighted by Gasteiger charge is 2.34. The van der Waals surface area contributed by atoms with Gasteiger partial charge in [-0.3, -0.25) is 9.69 Å². The molecule has 0 spiro atoms. The fraction of sp³-hybridized carbons (Fsp3) is 0.120. The van der Waals surface area contributed by atoms with Gasteiger partial charge >= 0.3 is 18.0 Å². The Labute approximate surface area is 223 Å². The average molecular weight is 590 g/mol. The predicted molar refractivity (Wildman–Crippen MR) is 134 cm³/mol. The fourth-order valence-corrected chi connectivity index (χ4v) is 4.40. The van der Waals surface area contributed by atoms with Crippen molar-refractivity contribution in [1.29, 1.82) is 0 Å². The van der Waals surface area contributed by atoms with Gasteiger partial charge in [0.1, 0.15) is 18.1 Å². The smallest absolute Gasteiger partial charge is 0.373 e. The summed E-state index contributed by atoms with van der Waals surface area (Å²) in [5, 5.41) is 11.8. The number of carboxylic acids is 1. The lowest BCUT2D eigenvalue weighted by atomic mass is 10.1. The number of carbonyl (C=O) groups is 4. The first kappa shape index (κ1) is 26.0. The van der Waals surface area contributed by atoms with E-state index in [-0.39, 0.29) is 41.0 Å². The Morgan fingerprint density at radius 1 is 1.16 bits per heavy atom. The highest BCUT2D eigenvalue weighted by molar-refractivity contribution is 9.10. The van der Waals surface area contributed by atoms with Crippen LogP contribution >= 0.6 is 27.5 Å². The number of hydrogen-bond donors (Lipinski definition) is 2. The van der Waals surface area contributed by atoms with E-state index < -0.39 is 23.9 Å². The molecule has 1 aromatic heterocycles. The van der Waals surface area contributed by atoms with Crippen LogP contribution in [-0.2, 0) is 22.7 Å². The van der Waals surface area contributed by atoms with E-state index in [2.05, 4.69) is 26.0 Å². The average Bonchev–Trinajstić information content (AvgIpc) is 3.43. The maximum absolute atomic E-state index is 12.8. The van der Waals surface area contributed by atoms with Gasteiger partial charge in [0.15, 0.2) is 5.75 Å². The fourth-order valence-electron chi connectivity index (χ4n) is 3.41. The number of furan rings is 1. The Morgan fingerprint density at radius 3 is 2.54 bits per heavy atom. The van der Waals surface area contributed by atoms with E-state index in [0.29, 0.717) is 15.8 Å². The number of nitrogens with one attached hydrogen (secondary N) is 1. The number of urea groups is 1. The molecule has 1 saturated heterocycles. The van der Waals surface area contributed by atoms with Crippen LogP contribution in [0.1, 0.15) is 37.8 Å². The second-order valence-electron chi connectivity index (χ2n) is 7.74. The topological polar surface area (TPSA) is 135 Å². The Hall–Kier alpha value is -4.09. The van der Waals surface area contributed by atoms with Crippen molar-refractivity contribution in [3.63, 3.8) is 0 Å². The maximum Gasteiger partial charge on any atom is 0.373 e. The molecular formula is C25H18BrClN2O8. The molecule has 2 heterocycles. The Balaban J connectivity index is 1.45. The quantitative estimate of drug-likeness (QED) is 0.216. The summed E-state index contributed by atoms with van der Waals surface area (Å²) >= 11 is 9.80. The van der Waals surface area contributed by atoms with Crippen LogP contribution in [0.5, 0.6) is 5.75 Å². The zero-order valence-corrected chi connectivity index (χ0v) is 21.5. The number of amides is 3. The molecular weight excluding hydrogens is 572 g/mol. The Bertz CT molecular complexity index is 1410. The van der Waals surface area contributed by atoms with E-state index in [1.807, 2.05) is 0 Å². The molecule has 0 saturated carbocycles. The third-order valence-electron chi connectivity index (χ3n) is 5.24. The number of halogens is 2. The van der Waals surface area contributed by atoms with Crippen molar-refractivity contribution in [2.75, 3.05) is 7.11 Å². The van der Waals surface area contributed by atoms with Crippen LogP contribution < -0.4 is 10.1 Å². The lowest BCUT2D eigenvalue weighted by molar-refractivity contribution is -0.123. The zero-order valence-electron chi connectivity index (χ0n) is 19.1. The summed E-state index contributed by atoms with van der Waals surface area (Å²) in [6, 6.07) is 11.7. The van der Waals surface area contributed by atoms with Gasteiger partial charge in [-0.15, -0.1) is 0 Å². The van der Waals surface area contributed by atoms with Crippen molar-refractivity contribution in [3.8, 4) is 5.75 Å². The number of imide groups is 1. The molecule has 37 heavy (non-hydrogen) atoms. The number of methoxy groups -OCH3 is 1. The summed E-state index contributed by atoms with van der Waals surface area (Å²) in [7, 11) is 1.21. The summed E-state index contributed by atoms with van der Waals surface area (Å²) in [4.78, 5) is 48.7. The molecule has 0 aliphatic carbocycles. The van der Waals surface area contributed by atoms with Gasteiger partial charge in [-0.25, -0.2) is 14.4 Å². The van der Waals surface area contributed by atoms with E-state index in [0.717, 1.165) is 10.5 Å². The second-order valence-corrected chi connectivity index (χ2v) is 9.00. The third-order valence-corrected chi connectivity index (χ3v) is 6.11. The summed E-state index contributed by atoms with van der Waals surface area (Å²) in [6.07, 6.45) is 1.47. The van der Waals surface area contributed by atoms with Crippen molar-refractivity contribution in [1.82, 2.24) is 10.2 Å². The van der Waals surface area contributed by atoms with Crippen LogP contribution in [0.25, 0.3) is 6.08 Å². The summed E-state index contributed by atoms with van der Waals surface area (Å²) < 4.78 is 16.2. The minimum Gasteiger partial charge on any atom is -0.486 e. The number of carboxylic acid groups (broad SMARTS) is 1. The molecule has 0 bridgehead atoms. The molecule has 1 fully saturated rings. The van der Waals surface area contributed by atoms with Crippen LogP contribution in [0.15, 0.2) is 63.1 Å². The van der Waals surface area contributed by atoms with Gasteiger partial charge in [0.25, 0.3) is 5.91 Å². The standard InChI is InChI=1S/C25H18BrClN2O8/c1-35-24(33)20-7-6-16(37-20)11-29-22(30)19(28-25(29)34)10-14-8-17(26)21(18(27)9-14)36-12-13-2-4-15(5-3-13)23(31)32/h2-10H,11-12H2,1H3,(H,28,34)(H,31,32)/b19-10-. The molecule has 0 atom stereocenters. The van der Waals surface area contributed by atoms with Crippen molar-refractivity contribution < 1.29 is 38.2 Å². The van der Waals surface area contributed by atoms with Crippen LogP contribution in [0.4, 0.5) is 4.79 Å². The molecule has 2 N–H and O–H groups in total. The molecule has 1 aliphatic heterocycles. The van der Waals surface area contributed by atoms with E-state index in [1.165, 1.54) is 37.5 Å². The van der Waals surface area contributed by atoms with Gasteiger partial charge in [-0.05, 0) is 69.5 Å². The number of hydrogen-bond acceptors (Lipinski definition) is 7. The van der Waals surface area contributed by atoms with Gasteiger partial charge in [0, 0.05) is 0 Å². The SMILES string of the molecule is COC(=O)c1ccc(CN2C(=O)N/C(=C\c3cc(Cl)c(OCc4ccc(C(=O)O)cc4)c(Br)c3)C2=O)o1. The first-order valence-electron chi connectivity index (χ1n) is 10.6. The molecule has 10 nitrogen and oxygen atoms in total. The van der Waals surface area contributed by atoms with Crippen LogP contribution in [0.3, 0.4) is 0 Å². The van der Waals surface area contributed by atoms with Gasteiger partial charge in [-0.1, -0.05) is 23.7 Å². The lowest BCUT2D eigenvalue weighted by Crippen LogP contribution is -2.30. The minimum absolute atomic E-state index is 0.0277. The molecule has 0 unspecified atom stereocenters. The number of benzene rings is 2. The Kier molecular flexibility index (Phi) is 7.65. The predicted octanol–water partition coefficient (Wildman–Crippen LogP) is 4.85. The van der Waals surface area contributed by atoms with E-state index >= 15 is 0 Å². The third kappa shape index (κ3) is 5.84. The zero-order chi connectivity index (χ0) is 26.7. The summed E-state index contributed by atoms with van der Waals surface area (Å²) in [6.45, 7) is -0.0314. The van der Waals surface area contributed by atoms with Gasteiger partial charge in [0.05, 0.1) is 28.7 Å². The number of aromatic carboxylic acids is 1. The number of nitrogens with zero attached hydrogens (tertiary/aromatic N) is 1. The van der Waals surface area contributed by atoms with Crippen LogP contribution in [0.2, 0.25) is 5.02 Å². The van der Waals surface area contributed by atoms with Gasteiger partial charge < -0.3 is 24.3 Å². The Morgan fingerprint density at radius 2 is 1.89 bits per heavy atom. The largest absolute Gasteiger partial charge is 0.486 e. The molecule has 3 aromatic rings. The molecule has 12 heteroatoms. The lowest BCUT2D eigenvalue weighted by Gasteiger charge is -2.12. The summed E-state index contributed by atoms with van der Waals surface area (Å²) in [5.74, 6) is -1.73. The number of esters is 1. The van der Waals surface area contributed by atoms with Gasteiger partial charge in [0.2, 0.25) is 5.76 Å². The first-order chi connectivity index (χ1) is 17.7.